The molecule has 2 rings (SSSR count). The van der Waals surface area contributed by atoms with Crippen LogP contribution >= 0.6 is 0 Å². The first-order valence-corrected chi connectivity index (χ1v) is 10.5. The molecular weight excluding hydrogens is 318 g/mol. The molecule has 2 N–H and O–H groups in total. The van der Waals surface area contributed by atoms with E-state index in [0.717, 1.165) is 23.3 Å². The Hall–Kier alpha value is -1.36. The zero-order valence-corrected chi connectivity index (χ0v) is 15.8. The number of rotatable bonds is 7. The van der Waals surface area contributed by atoms with Crippen molar-refractivity contribution in [1.82, 2.24) is 10.6 Å². The van der Waals surface area contributed by atoms with Gasteiger partial charge in [0.2, 0.25) is 0 Å². The number of hydrogen-bond acceptors (Lipinski definition) is 2. The van der Waals surface area contributed by atoms with Crippen molar-refractivity contribution in [2.75, 3.05) is 18.8 Å². The van der Waals surface area contributed by atoms with Crippen LogP contribution in [0.2, 0.25) is 0 Å². The minimum atomic E-state index is -0.979. The van der Waals surface area contributed by atoms with Crippen LogP contribution in [0.5, 0.6) is 0 Å². The third-order valence-electron chi connectivity index (χ3n) is 4.66. The Kier molecular flexibility index (Phi) is 8.29. The molecule has 1 aromatic carbocycles. The van der Waals surface area contributed by atoms with Crippen molar-refractivity contribution in [3.05, 3.63) is 30.3 Å². The number of aliphatic imine (C=N–C) groups is 1. The summed E-state index contributed by atoms with van der Waals surface area (Å²) in [5.74, 6) is 2.32. The van der Waals surface area contributed by atoms with Crippen molar-refractivity contribution >= 4 is 16.8 Å². The second-order valence-corrected chi connectivity index (χ2v) is 7.96. The van der Waals surface area contributed by atoms with Crippen LogP contribution in [0.4, 0.5) is 0 Å². The van der Waals surface area contributed by atoms with E-state index in [9.17, 15) is 4.21 Å². The lowest BCUT2D eigenvalue weighted by atomic mass is 9.84. The van der Waals surface area contributed by atoms with Crippen molar-refractivity contribution in [3.63, 3.8) is 0 Å². The molecule has 0 saturated heterocycles. The lowest BCUT2D eigenvalue weighted by Gasteiger charge is -2.29. The first kappa shape index (κ1) is 19.0. The van der Waals surface area contributed by atoms with Gasteiger partial charge >= 0.3 is 0 Å². The van der Waals surface area contributed by atoms with E-state index in [-0.39, 0.29) is 0 Å². The third kappa shape index (κ3) is 6.27. The highest BCUT2D eigenvalue weighted by atomic mass is 32.2. The third-order valence-corrected chi connectivity index (χ3v) is 6.01. The molecule has 1 saturated carbocycles. The fourth-order valence-electron chi connectivity index (χ4n) is 3.16. The summed E-state index contributed by atoms with van der Waals surface area (Å²) < 4.78 is 12.2. The smallest absolute Gasteiger partial charge is 0.191 e. The first-order chi connectivity index (χ1) is 11.7. The normalized spacial score (nSPS) is 22.8. The Morgan fingerprint density at radius 1 is 1.17 bits per heavy atom. The molecule has 0 bridgehead atoms. The second-order valence-electron chi connectivity index (χ2n) is 6.39. The van der Waals surface area contributed by atoms with E-state index in [4.69, 9.17) is 0 Å². The molecule has 1 unspecified atom stereocenters. The molecule has 5 heteroatoms. The van der Waals surface area contributed by atoms with Crippen LogP contribution < -0.4 is 10.6 Å². The van der Waals surface area contributed by atoms with Gasteiger partial charge in [-0.15, -0.1) is 0 Å². The average molecular weight is 350 g/mol. The van der Waals surface area contributed by atoms with E-state index in [1.807, 2.05) is 30.3 Å². The monoisotopic (exact) mass is 349 g/mol. The molecule has 1 atom stereocenters. The quantitative estimate of drug-likeness (QED) is 0.586. The minimum Gasteiger partial charge on any atom is -0.357 e. The molecule has 1 aliphatic carbocycles. The van der Waals surface area contributed by atoms with Gasteiger partial charge in [-0.2, -0.15) is 0 Å². The number of guanidine groups is 1. The first-order valence-electron chi connectivity index (χ1n) is 9.21. The maximum absolute atomic E-state index is 12.2. The van der Waals surface area contributed by atoms with Crippen LogP contribution in [0.1, 0.15) is 46.0 Å². The molecule has 4 nitrogen and oxygen atoms in total. The van der Waals surface area contributed by atoms with Gasteiger partial charge < -0.3 is 10.6 Å². The summed E-state index contributed by atoms with van der Waals surface area (Å²) in [5, 5.41) is 6.86. The molecule has 0 radical (unpaired) electrons. The molecule has 24 heavy (non-hydrogen) atoms. The Bertz CT molecular complexity index is 525. The lowest BCUT2D eigenvalue weighted by Crippen LogP contribution is -2.45. The van der Waals surface area contributed by atoms with E-state index in [0.29, 0.717) is 18.3 Å². The molecule has 0 spiro atoms. The summed E-state index contributed by atoms with van der Waals surface area (Å²) in [4.78, 5) is 5.49. The van der Waals surface area contributed by atoms with Crippen LogP contribution in [0.15, 0.2) is 40.2 Å². The van der Waals surface area contributed by atoms with E-state index >= 15 is 0 Å². The predicted octanol–water partition coefficient (Wildman–Crippen LogP) is 3.32. The topological polar surface area (TPSA) is 53.5 Å². The Labute approximate surface area is 149 Å². The van der Waals surface area contributed by atoms with Gasteiger partial charge in [0.25, 0.3) is 0 Å². The van der Waals surface area contributed by atoms with Crippen LogP contribution in [0.25, 0.3) is 0 Å². The number of nitrogens with zero attached hydrogens (tertiary/aromatic N) is 1. The van der Waals surface area contributed by atoms with Crippen LogP contribution in [-0.2, 0) is 10.8 Å². The second kappa shape index (κ2) is 10.5. The van der Waals surface area contributed by atoms with Crippen molar-refractivity contribution < 1.29 is 4.21 Å². The minimum absolute atomic E-state index is 0.519. The van der Waals surface area contributed by atoms with Crippen molar-refractivity contribution in [1.29, 1.82) is 0 Å². The maximum atomic E-state index is 12.2. The molecular formula is C19H31N3OS. The van der Waals surface area contributed by atoms with Gasteiger partial charge in [-0.1, -0.05) is 31.5 Å². The standard InChI is InChI=1S/C19H31N3OS/c1-3-16-10-12-17(13-11-16)22-19(20-4-2)21-14-15-24(23)18-8-6-5-7-9-18/h5-9,16-17H,3-4,10-15H2,1-2H3,(H2,20,21,22). The van der Waals surface area contributed by atoms with Gasteiger partial charge in [-0.3, -0.25) is 9.20 Å². The highest BCUT2D eigenvalue weighted by molar-refractivity contribution is 7.85. The van der Waals surface area contributed by atoms with Gasteiger partial charge in [0.05, 0.1) is 17.3 Å². The SMILES string of the molecule is CCNC(=NCCS(=O)c1ccccc1)NC1CCC(CC)CC1. The molecule has 0 amide bonds. The van der Waals surface area contributed by atoms with Crippen molar-refractivity contribution in [3.8, 4) is 0 Å². The zero-order valence-electron chi connectivity index (χ0n) is 15.0. The molecule has 1 aliphatic rings. The van der Waals surface area contributed by atoms with E-state index in [1.165, 1.54) is 32.1 Å². The number of hydrogen-bond donors (Lipinski definition) is 2. The van der Waals surface area contributed by atoms with Crippen molar-refractivity contribution in [2.45, 2.75) is 56.9 Å². The largest absolute Gasteiger partial charge is 0.357 e. The fraction of sp³-hybridized carbons (Fsp3) is 0.632. The van der Waals surface area contributed by atoms with E-state index in [1.54, 1.807) is 0 Å². The van der Waals surface area contributed by atoms with Gasteiger partial charge in [0.1, 0.15) is 0 Å². The Morgan fingerprint density at radius 2 is 1.88 bits per heavy atom. The maximum Gasteiger partial charge on any atom is 0.191 e. The van der Waals surface area contributed by atoms with Gasteiger partial charge in [-0.25, -0.2) is 0 Å². The molecule has 0 aliphatic heterocycles. The van der Waals surface area contributed by atoms with Gasteiger partial charge in [0.15, 0.2) is 5.96 Å². The fourth-order valence-corrected chi connectivity index (χ4v) is 4.11. The number of benzene rings is 1. The van der Waals surface area contributed by atoms with Crippen molar-refractivity contribution in [2.24, 2.45) is 10.9 Å². The highest BCUT2D eigenvalue weighted by Crippen LogP contribution is 2.26. The molecule has 134 valence electrons. The molecule has 0 aromatic heterocycles. The highest BCUT2D eigenvalue weighted by Gasteiger charge is 2.20. The number of nitrogens with one attached hydrogen (secondary N) is 2. The molecule has 0 heterocycles. The Morgan fingerprint density at radius 3 is 2.50 bits per heavy atom. The van der Waals surface area contributed by atoms with Gasteiger partial charge in [0, 0.05) is 23.2 Å². The predicted molar refractivity (Wildman–Crippen MR) is 103 cm³/mol. The summed E-state index contributed by atoms with van der Waals surface area (Å²) in [6.45, 7) is 5.78. The average Bonchev–Trinajstić information content (AvgIpc) is 2.63. The summed E-state index contributed by atoms with van der Waals surface area (Å²) >= 11 is 0. The van der Waals surface area contributed by atoms with E-state index < -0.39 is 10.8 Å². The van der Waals surface area contributed by atoms with Crippen LogP contribution in [0.3, 0.4) is 0 Å². The Balaban J connectivity index is 1.81. The summed E-state index contributed by atoms with van der Waals surface area (Å²) in [5.41, 5.74) is 0. The molecule has 1 fully saturated rings. The lowest BCUT2D eigenvalue weighted by molar-refractivity contribution is 0.304. The van der Waals surface area contributed by atoms with Crippen LogP contribution in [-0.4, -0.2) is 35.1 Å². The summed E-state index contributed by atoms with van der Waals surface area (Å²) in [6, 6.07) is 10.1. The summed E-state index contributed by atoms with van der Waals surface area (Å²) in [7, 11) is -0.979. The zero-order chi connectivity index (χ0) is 17.2. The van der Waals surface area contributed by atoms with Crippen LogP contribution in [0, 0.1) is 5.92 Å². The molecule has 1 aromatic rings. The summed E-state index contributed by atoms with van der Waals surface area (Å²) in [6.07, 6.45) is 6.36. The van der Waals surface area contributed by atoms with E-state index in [2.05, 4.69) is 29.5 Å². The van der Waals surface area contributed by atoms with Gasteiger partial charge in [-0.05, 0) is 50.7 Å².